The second kappa shape index (κ2) is 4.97. The topological polar surface area (TPSA) is 20.7 Å². The normalized spacial score (nSPS) is 23.3. The number of aromatic nitrogens is 2. The smallest absolute Gasteiger partial charge is 0.122 e. The lowest BCUT2D eigenvalue weighted by molar-refractivity contribution is 0.324. The van der Waals surface area contributed by atoms with Crippen LogP contribution in [0.3, 0.4) is 0 Å². The SMILES string of the molecule is S=c1cc(C2CCCC2)[nH]n1C1CCCCC1. The summed E-state index contributed by atoms with van der Waals surface area (Å²) in [6.45, 7) is 0. The van der Waals surface area contributed by atoms with Gasteiger partial charge < -0.3 is 5.10 Å². The van der Waals surface area contributed by atoms with Crippen molar-refractivity contribution >= 4 is 12.2 Å². The van der Waals surface area contributed by atoms with Crippen LogP contribution in [-0.2, 0) is 0 Å². The average molecular weight is 250 g/mol. The highest BCUT2D eigenvalue weighted by molar-refractivity contribution is 7.71. The molecule has 3 heteroatoms. The van der Waals surface area contributed by atoms with Crippen LogP contribution >= 0.6 is 12.2 Å². The van der Waals surface area contributed by atoms with E-state index in [0.29, 0.717) is 6.04 Å². The van der Waals surface area contributed by atoms with E-state index in [4.69, 9.17) is 12.2 Å². The van der Waals surface area contributed by atoms with E-state index < -0.39 is 0 Å². The first-order valence-electron chi connectivity index (χ1n) is 7.16. The van der Waals surface area contributed by atoms with Crippen LogP contribution in [0.5, 0.6) is 0 Å². The number of H-pyrrole nitrogens is 1. The fraction of sp³-hybridized carbons (Fsp3) is 0.786. The van der Waals surface area contributed by atoms with Gasteiger partial charge in [0.2, 0.25) is 0 Å². The van der Waals surface area contributed by atoms with Crippen LogP contribution in [0, 0.1) is 4.64 Å². The van der Waals surface area contributed by atoms with Crippen molar-refractivity contribution in [3.8, 4) is 0 Å². The molecular formula is C14H22N2S. The van der Waals surface area contributed by atoms with Crippen molar-refractivity contribution in [3.05, 3.63) is 16.4 Å². The Labute approximate surface area is 108 Å². The molecular weight excluding hydrogens is 228 g/mol. The third-order valence-electron chi connectivity index (χ3n) is 4.50. The van der Waals surface area contributed by atoms with E-state index >= 15 is 0 Å². The van der Waals surface area contributed by atoms with Crippen molar-refractivity contribution in [3.63, 3.8) is 0 Å². The number of nitrogens with zero attached hydrogens (tertiary/aromatic N) is 1. The van der Waals surface area contributed by atoms with E-state index in [0.717, 1.165) is 10.6 Å². The lowest BCUT2D eigenvalue weighted by atomic mass is 9.96. The van der Waals surface area contributed by atoms with Gasteiger partial charge in [-0.2, -0.15) is 0 Å². The van der Waals surface area contributed by atoms with Crippen molar-refractivity contribution in [2.45, 2.75) is 69.7 Å². The summed E-state index contributed by atoms with van der Waals surface area (Å²) in [4.78, 5) is 0. The van der Waals surface area contributed by atoms with Gasteiger partial charge in [-0.1, -0.05) is 44.3 Å². The molecule has 17 heavy (non-hydrogen) atoms. The molecule has 0 aliphatic heterocycles. The first-order chi connectivity index (χ1) is 8.34. The van der Waals surface area contributed by atoms with Crippen LogP contribution in [0.25, 0.3) is 0 Å². The van der Waals surface area contributed by atoms with E-state index in [1.165, 1.54) is 63.5 Å². The Hall–Kier alpha value is -0.570. The Bertz CT molecular complexity index is 420. The van der Waals surface area contributed by atoms with Gasteiger partial charge in [-0.25, -0.2) is 0 Å². The van der Waals surface area contributed by atoms with Crippen molar-refractivity contribution < 1.29 is 0 Å². The molecule has 2 nitrogen and oxygen atoms in total. The van der Waals surface area contributed by atoms with Crippen LogP contribution in [-0.4, -0.2) is 9.78 Å². The maximum Gasteiger partial charge on any atom is 0.122 e. The summed E-state index contributed by atoms with van der Waals surface area (Å²) in [5.74, 6) is 0.751. The van der Waals surface area contributed by atoms with Crippen molar-refractivity contribution in [2.24, 2.45) is 0 Å². The third-order valence-corrected chi connectivity index (χ3v) is 4.82. The summed E-state index contributed by atoms with van der Waals surface area (Å²) in [7, 11) is 0. The van der Waals surface area contributed by atoms with Crippen molar-refractivity contribution in [2.75, 3.05) is 0 Å². The molecule has 0 spiro atoms. The molecule has 2 aliphatic carbocycles. The largest absolute Gasteiger partial charge is 0.301 e. The van der Waals surface area contributed by atoms with E-state index in [1.54, 1.807) is 0 Å². The maximum atomic E-state index is 5.52. The zero-order valence-corrected chi connectivity index (χ0v) is 11.3. The molecule has 1 heterocycles. The first-order valence-corrected chi connectivity index (χ1v) is 7.57. The fourth-order valence-corrected chi connectivity index (χ4v) is 3.81. The summed E-state index contributed by atoms with van der Waals surface area (Å²) in [6.07, 6.45) is 12.2. The number of aromatic amines is 1. The molecule has 3 rings (SSSR count). The molecule has 1 aromatic heterocycles. The lowest BCUT2D eigenvalue weighted by Gasteiger charge is -2.23. The van der Waals surface area contributed by atoms with Gasteiger partial charge in [0.1, 0.15) is 4.64 Å². The van der Waals surface area contributed by atoms with Gasteiger partial charge in [0, 0.05) is 11.6 Å². The fourth-order valence-electron chi connectivity index (χ4n) is 3.49. The first kappa shape index (κ1) is 11.5. The molecule has 0 amide bonds. The molecule has 0 atom stereocenters. The molecule has 2 aliphatic rings. The monoisotopic (exact) mass is 250 g/mol. The second-order valence-electron chi connectivity index (χ2n) is 5.69. The van der Waals surface area contributed by atoms with E-state index in [1.807, 2.05) is 0 Å². The third kappa shape index (κ3) is 2.35. The minimum absolute atomic E-state index is 0.645. The van der Waals surface area contributed by atoms with Gasteiger partial charge in [-0.15, -0.1) is 0 Å². The summed E-state index contributed by atoms with van der Waals surface area (Å²) in [6, 6.07) is 2.87. The number of nitrogens with one attached hydrogen (secondary N) is 1. The van der Waals surface area contributed by atoms with Crippen LogP contribution in [0.4, 0.5) is 0 Å². The van der Waals surface area contributed by atoms with Crippen LogP contribution in [0.1, 0.15) is 75.4 Å². The van der Waals surface area contributed by atoms with Crippen LogP contribution in [0.15, 0.2) is 6.07 Å². The van der Waals surface area contributed by atoms with Gasteiger partial charge in [-0.3, -0.25) is 4.68 Å². The standard InChI is InChI=1S/C14H22N2S/c17-14-10-13(11-6-4-5-7-11)15-16(14)12-8-2-1-3-9-12/h10-12,15H,1-9H2. The Morgan fingerprint density at radius 3 is 2.35 bits per heavy atom. The predicted octanol–water partition coefficient (Wildman–Crippen LogP) is 4.71. The average Bonchev–Trinajstić information content (AvgIpc) is 2.99. The highest BCUT2D eigenvalue weighted by Crippen LogP contribution is 2.34. The number of rotatable bonds is 2. The van der Waals surface area contributed by atoms with Crippen molar-refractivity contribution in [1.29, 1.82) is 0 Å². The molecule has 0 unspecified atom stereocenters. The second-order valence-corrected chi connectivity index (χ2v) is 6.11. The molecule has 1 aromatic rings. The summed E-state index contributed by atoms with van der Waals surface area (Å²) in [5.41, 5.74) is 1.40. The maximum absolute atomic E-state index is 5.52. The molecule has 0 bridgehead atoms. The van der Waals surface area contributed by atoms with E-state index in [9.17, 15) is 0 Å². The minimum atomic E-state index is 0.645. The highest BCUT2D eigenvalue weighted by atomic mass is 32.1. The van der Waals surface area contributed by atoms with Crippen LogP contribution < -0.4 is 0 Å². The van der Waals surface area contributed by atoms with Crippen molar-refractivity contribution in [1.82, 2.24) is 9.78 Å². The number of hydrogen-bond acceptors (Lipinski definition) is 1. The van der Waals surface area contributed by atoms with Gasteiger partial charge in [0.25, 0.3) is 0 Å². The summed E-state index contributed by atoms with van der Waals surface area (Å²) in [5, 5.41) is 3.61. The Morgan fingerprint density at radius 2 is 1.65 bits per heavy atom. The van der Waals surface area contributed by atoms with Gasteiger partial charge in [0.15, 0.2) is 0 Å². The van der Waals surface area contributed by atoms with E-state index in [2.05, 4.69) is 15.8 Å². The van der Waals surface area contributed by atoms with Crippen LogP contribution in [0.2, 0.25) is 0 Å². The Kier molecular flexibility index (Phi) is 3.37. The zero-order chi connectivity index (χ0) is 11.7. The molecule has 2 saturated carbocycles. The molecule has 94 valence electrons. The highest BCUT2D eigenvalue weighted by Gasteiger charge is 2.21. The van der Waals surface area contributed by atoms with Gasteiger partial charge in [-0.05, 0) is 31.7 Å². The summed E-state index contributed by atoms with van der Waals surface area (Å²) < 4.78 is 3.31. The number of hydrogen-bond donors (Lipinski definition) is 1. The Balaban J connectivity index is 1.82. The van der Waals surface area contributed by atoms with Gasteiger partial charge >= 0.3 is 0 Å². The predicted molar refractivity (Wildman–Crippen MR) is 72.9 cm³/mol. The molecule has 2 fully saturated rings. The molecule has 0 aromatic carbocycles. The summed E-state index contributed by atoms with van der Waals surface area (Å²) >= 11 is 5.52. The minimum Gasteiger partial charge on any atom is -0.301 e. The van der Waals surface area contributed by atoms with Gasteiger partial charge in [0.05, 0.1) is 6.04 Å². The lowest BCUT2D eigenvalue weighted by Crippen LogP contribution is -2.14. The zero-order valence-electron chi connectivity index (χ0n) is 10.5. The quantitative estimate of drug-likeness (QED) is 0.754. The molecule has 0 saturated heterocycles. The van der Waals surface area contributed by atoms with E-state index in [-0.39, 0.29) is 0 Å². The molecule has 1 N–H and O–H groups in total. The molecule has 0 radical (unpaired) electrons. The Morgan fingerprint density at radius 1 is 1.00 bits per heavy atom.